The van der Waals surface area contributed by atoms with Crippen LogP contribution in [0, 0.1) is 0 Å². The Balaban J connectivity index is 0.000000197. The van der Waals surface area contributed by atoms with Crippen molar-refractivity contribution in [1.29, 1.82) is 0 Å². The topological polar surface area (TPSA) is 62.7 Å². The van der Waals surface area contributed by atoms with E-state index in [1.165, 1.54) is 122 Å². The van der Waals surface area contributed by atoms with Crippen molar-refractivity contribution >= 4 is 79.8 Å². The Morgan fingerprint density at radius 2 is 0.845 bits per heavy atom. The van der Waals surface area contributed by atoms with Gasteiger partial charge in [-0.05, 0) is 115 Å². The summed E-state index contributed by atoms with van der Waals surface area (Å²) in [6.45, 7) is 21.0. The second-order valence-electron chi connectivity index (χ2n) is 18.9. The lowest BCUT2D eigenvalue weighted by Crippen LogP contribution is -2.41. The molecule has 314 valence electrons. The SMILES string of the molecule is CC1(C)OB(c2ccc(B3OC(C)(C)C(C)(C)O3)c3nsnc23)OC1(C)C.CCCCCCCCC1(CCCCCCCC)c2cc(Br)ccc2-c2ccc(Br)cc21. The fourth-order valence-electron chi connectivity index (χ4n) is 8.74. The molecule has 2 saturated heterocycles. The second-order valence-corrected chi connectivity index (χ2v) is 21.2. The summed E-state index contributed by atoms with van der Waals surface area (Å²) in [5.41, 5.74) is 7.95. The van der Waals surface area contributed by atoms with Crippen molar-refractivity contribution in [3.8, 4) is 11.1 Å². The third kappa shape index (κ3) is 9.56. The van der Waals surface area contributed by atoms with Gasteiger partial charge in [-0.1, -0.05) is 147 Å². The third-order valence-electron chi connectivity index (χ3n) is 13.7. The molecular formula is C47H66B2Br2N2O4S. The smallest absolute Gasteiger partial charge is 0.399 e. The Morgan fingerprint density at radius 3 is 1.21 bits per heavy atom. The van der Waals surface area contributed by atoms with Crippen molar-refractivity contribution in [1.82, 2.24) is 8.75 Å². The number of benzene rings is 3. The van der Waals surface area contributed by atoms with Crippen LogP contribution in [0.2, 0.25) is 0 Å². The van der Waals surface area contributed by atoms with E-state index < -0.39 is 36.6 Å². The number of rotatable bonds is 16. The summed E-state index contributed by atoms with van der Waals surface area (Å²) in [6.07, 6.45) is 18.9. The van der Waals surface area contributed by atoms with Crippen molar-refractivity contribution in [3.05, 3.63) is 68.6 Å². The highest BCUT2D eigenvalue weighted by Crippen LogP contribution is 2.55. The number of hydrogen-bond donors (Lipinski definition) is 0. The predicted octanol–water partition coefficient (Wildman–Crippen LogP) is 13.3. The molecule has 6 nitrogen and oxygen atoms in total. The van der Waals surface area contributed by atoms with E-state index in [1.54, 1.807) is 11.1 Å². The molecule has 2 fully saturated rings. The van der Waals surface area contributed by atoms with Crippen molar-refractivity contribution in [2.75, 3.05) is 0 Å². The summed E-state index contributed by atoms with van der Waals surface area (Å²) in [4.78, 5) is 0. The largest absolute Gasteiger partial charge is 0.497 e. The van der Waals surface area contributed by atoms with Crippen LogP contribution in [-0.4, -0.2) is 45.4 Å². The first kappa shape index (κ1) is 45.9. The summed E-state index contributed by atoms with van der Waals surface area (Å²) < 4.78 is 36.3. The van der Waals surface area contributed by atoms with Crippen molar-refractivity contribution in [2.45, 2.75) is 187 Å². The van der Waals surface area contributed by atoms with Crippen LogP contribution in [0.15, 0.2) is 57.5 Å². The van der Waals surface area contributed by atoms with E-state index >= 15 is 0 Å². The highest BCUT2D eigenvalue weighted by Gasteiger charge is 2.54. The molecule has 7 rings (SSSR count). The van der Waals surface area contributed by atoms with Gasteiger partial charge in [0.2, 0.25) is 0 Å². The monoisotopic (exact) mass is 934 g/mol. The molecule has 0 bridgehead atoms. The van der Waals surface area contributed by atoms with Crippen LogP contribution in [0.3, 0.4) is 0 Å². The maximum Gasteiger partial charge on any atom is 0.497 e. The molecule has 4 aromatic rings. The highest BCUT2D eigenvalue weighted by atomic mass is 79.9. The molecule has 0 N–H and O–H groups in total. The van der Waals surface area contributed by atoms with Gasteiger partial charge in [-0.3, -0.25) is 0 Å². The Hall–Kier alpha value is -1.59. The lowest BCUT2D eigenvalue weighted by Gasteiger charge is -2.33. The molecule has 1 aliphatic carbocycles. The van der Waals surface area contributed by atoms with Crippen LogP contribution in [0.25, 0.3) is 22.2 Å². The fraction of sp³-hybridized carbons (Fsp3) is 0.617. The average Bonchev–Trinajstić information content (AvgIpc) is 3.86. The molecule has 2 aliphatic heterocycles. The standard InChI is InChI=1S/C29H40Br2.C18H26B2N2O4S/c1-3-5-7-9-11-13-19-29(20-14-12-10-8-6-4-2)27-21-23(30)15-17-25(27)26-18-16-24(31)22-28(26)29;1-15(2)16(3,4)24-19(23-15)11-9-10-12(14-13(11)21-27-22-14)20-25-17(5,6)18(7,8)26-20/h15-18,21-22H,3-14,19-20H2,1-2H3;9-10H,1-8H3. The first-order valence-corrected chi connectivity index (χ1v) is 24.4. The molecule has 3 aromatic carbocycles. The zero-order valence-corrected chi connectivity index (χ0v) is 40.9. The molecule has 1 aromatic heterocycles. The first-order chi connectivity index (χ1) is 27.5. The molecular weight excluding hydrogens is 870 g/mol. The summed E-state index contributed by atoms with van der Waals surface area (Å²) in [5, 5.41) is 0. The normalized spacial score (nSPS) is 19.3. The molecule has 0 radical (unpaired) electrons. The molecule has 0 amide bonds. The molecule has 58 heavy (non-hydrogen) atoms. The van der Waals surface area contributed by atoms with Crippen LogP contribution in [-0.2, 0) is 24.0 Å². The molecule has 0 unspecified atom stereocenters. The Bertz CT molecular complexity index is 1850. The minimum absolute atomic E-state index is 0.174. The van der Waals surface area contributed by atoms with Gasteiger partial charge < -0.3 is 18.6 Å². The summed E-state index contributed by atoms with van der Waals surface area (Å²) in [5.74, 6) is 0. The van der Waals surface area contributed by atoms with Crippen molar-refractivity contribution in [2.24, 2.45) is 0 Å². The third-order valence-corrected chi connectivity index (χ3v) is 15.2. The van der Waals surface area contributed by atoms with E-state index in [4.69, 9.17) is 18.6 Å². The molecule has 3 aliphatic rings. The quantitative estimate of drug-likeness (QED) is 0.0824. The zero-order valence-electron chi connectivity index (χ0n) is 36.9. The van der Waals surface area contributed by atoms with Crippen LogP contribution >= 0.6 is 43.6 Å². The second kappa shape index (κ2) is 18.8. The lowest BCUT2D eigenvalue weighted by molar-refractivity contribution is 0.00578. The minimum atomic E-state index is -0.478. The summed E-state index contributed by atoms with van der Waals surface area (Å²) >= 11 is 8.75. The molecule has 11 heteroatoms. The van der Waals surface area contributed by atoms with Crippen LogP contribution in [0.1, 0.15) is 170 Å². The Kier molecular flexibility index (Phi) is 14.9. The van der Waals surface area contributed by atoms with Gasteiger partial charge in [-0.2, -0.15) is 8.75 Å². The summed E-state index contributed by atoms with van der Waals surface area (Å²) in [7, 11) is -0.956. The van der Waals surface area contributed by atoms with E-state index in [9.17, 15) is 0 Å². The number of unbranched alkanes of at least 4 members (excludes halogenated alkanes) is 10. The van der Waals surface area contributed by atoms with E-state index in [0.29, 0.717) is 0 Å². The number of aromatic nitrogens is 2. The first-order valence-electron chi connectivity index (χ1n) is 22.0. The van der Waals surface area contributed by atoms with Gasteiger partial charge >= 0.3 is 14.2 Å². The van der Waals surface area contributed by atoms with Crippen molar-refractivity contribution in [3.63, 3.8) is 0 Å². The predicted molar refractivity (Wildman–Crippen MR) is 253 cm³/mol. The van der Waals surface area contributed by atoms with Gasteiger partial charge in [0.05, 0.1) is 34.1 Å². The fourth-order valence-corrected chi connectivity index (χ4v) is 10.1. The molecule has 0 spiro atoms. The minimum Gasteiger partial charge on any atom is -0.399 e. The van der Waals surface area contributed by atoms with E-state index in [0.717, 1.165) is 22.0 Å². The highest BCUT2D eigenvalue weighted by molar-refractivity contribution is 9.10. The van der Waals surface area contributed by atoms with Gasteiger partial charge in [-0.25, -0.2) is 0 Å². The maximum atomic E-state index is 6.21. The van der Waals surface area contributed by atoms with Crippen LogP contribution in [0.4, 0.5) is 0 Å². The van der Waals surface area contributed by atoms with E-state index in [2.05, 4.69) is 90.9 Å². The van der Waals surface area contributed by atoms with Gasteiger partial charge in [0, 0.05) is 25.3 Å². The van der Waals surface area contributed by atoms with Crippen LogP contribution < -0.4 is 10.9 Å². The van der Waals surface area contributed by atoms with E-state index in [1.807, 2.05) is 67.5 Å². The molecule has 0 saturated carbocycles. The molecule has 3 heterocycles. The number of nitrogens with zero attached hydrogens (tertiary/aromatic N) is 2. The van der Waals surface area contributed by atoms with Gasteiger partial charge in [0.25, 0.3) is 0 Å². The Morgan fingerprint density at radius 1 is 0.500 bits per heavy atom. The molecule has 0 atom stereocenters. The van der Waals surface area contributed by atoms with Gasteiger partial charge in [-0.15, -0.1) is 0 Å². The van der Waals surface area contributed by atoms with E-state index in [-0.39, 0.29) is 5.41 Å². The lowest BCUT2D eigenvalue weighted by atomic mass is 9.70. The number of hydrogen-bond acceptors (Lipinski definition) is 7. The zero-order chi connectivity index (χ0) is 41.9. The number of halogens is 2. The van der Waals surface area contributed by atoms with Crippen molar-refractivity contribution < 1.29 is 18.6 Å². The Labute approximate surface area is 371 Å². The average molecular weight is 937 g/mol. The van der Waals surface area contributed by atoms with Crippen LogP contribution in [0.5, 0.6) is 0 Å². The van der Waals surface area contributed by atoms with Gasteiger partial charge in [0.1, 0.15) is 11.0 Å². The van der Waals surface area contributed by atoms with Gasteiger partial charge in [0.15, 0.2) is 0 Å². The summed E-state index contributed by atoms with van der Waals surface area (Å²) in [6, 6.07) is 18.0. The maximum absolute atomic E-state index is 6.21. The number of fused-ring (bicyclic) bond motifs is 4.